The zero-order chi connectivity index (χ0) is 19.3. The van der Waals surface area contributed by atoms with Gasteiger partial charge in [-0.3, -0.25) is 14.0 Å². The lowest BCUT2D eigenvalue weighted by Crippen LogP contribution is -2.47. The molecule has 0 heterocycles. The average Bonchev–Trinajstić information content (AvgIpc) is 2.48. The fourth-order valence-electron chi connectivity index (χ4n) is 1.73. The molecule has 0 saturated carbocycles. The van der Waals surface area contributed by atoms with E-state index in [0.717, 1.165) is 12.1 Å². The third-order valence-electron chi connectivity index (χ3n) is 2.44. The molecule has 134 valence electrons. The van der Waals surface area contributed by atoms with E-state index in [-0.39, 0.29) is 24.0 Å². The summed E-state index contributed by atoms with van der Waals surface area (Å²) in [6.07, 6.45) is 5.38. The van der Waals surface area contributed by atoms with Gasteiger partial charge in [-0.1, -0.05) is 0 Å². The minimum Gasteiger partial charge on any atom is -0.483 e. The summed E-state index contributed by atoms with van der Waals surface area (Å²) in [6.45, 7) is 5.39. The van der Waals surface area contributed by atoms with E-state index in [4.69, 9.17) is 16.3 Å². The molecule has 0 amide bonds. The maximum Gasteiger partial charge on any atom is 0.290 e. The Hall–Kier alpha value is -2.33. The molecule has 7 heteroatoms. The monoisotopic (exact) mass is 345 g/mol. The maximum atomic E-state index is 13.6. The van der Waals surface area contributed by atoms with Crippen LogP contribution in [0.15, 0.2) is 18.2 Å². The van der Waals surface area contributed by atoms with E-state index >= 15 is 0 Å². The average molecular weight is 345 g/mol. The molecule has 24 heavy (non-hydrogen) atoms. The van der Waals surface area contributed by atoms with Crippen molar-refractivity contribution in [1.82, 2.24) is 5.32 Å². The van der Waals surface area contributed by atoms with E-state index < -0.39 is 23.5 Å². The van der Waals surface area contributed by atoms with Crippen LogP contribution in [0.4, 0.5) is 13.2 Å². The number of halogens is 3. The highest BCUT2D eigenvalue weighted by Crippen LogP contribution is 2.15. The first-order valence-corrected chi connectivity index (χ1v) is 6.82. The Morgan fingerprint density at radius 2 is 1.88 bits per heavy atom. The third kappa shape index (κ3) is 9.64. The molecule has 0 bridgehead atoms. The molecule has 0 aromatic heterocycles. The standard InChI is InChI=1S/C15H17F2NO.CH3F.CH2O2/c1-5-6-13(18-15(2,3)4)14(19)11-8-7-10(16)9-12(11)17;1-2;2-1-3/h1,7-9,13,18H,6H2,2-4H3;1H3;1H,(H,2,3). The largest absolute Gasteiger partial charge is 0.483 e. The summed E-state index contributed by atoms with van der Waals surface area (Å²) in [5.41, 5.74) is -0.494. The van der Waals surface area contributed by atoms with Gasteiger partial charge >= 0.3 is 0 Å². The number of Topliss-reactive ketones (excluding diaryl/α,β-unsaturated/α-hetero) is 1. The van der Waals surface area contributed by atoms with E-state index in [1.807, 2.05) is 20.8 Å². The van der Waals surface area contributed by atoms with Crippen molar-refractivity contribution < 1.29 is 27.9 Å². The molecule has 1 unspecified atom stereocenters. The number of hydrogen-bond donors (Lipinski definition) is 2. The van der Waals surface area contributed by atoms with Crippen molar-refractivity contribution in [2.24, 2.45) is 0 Å². The van der Waals surface area contributed by atoms with Crippen LogP contribution in [0, 0.1) is 24.0 Å². The Labute approximate surface area is 140 Å². The molecule has 4 nitrogen and oxygen atoms in total. The molecule has 0 spiro atoms. The predicted octanol–water partition coefficient (Wildman–Crippen LogP) is 3.21. The first kappa shape index (κ1) is 23.9. The fraction of sp³-hybridized carbons (Fsp3) is 0.412. The number of rotatable bonds is 4. The van der Waals surface area contributed by atoms with Crippen molar-refractivity contribution in [3.63, 3.8) is 0 Å². The van der Waals surface area contributed by atoms with Crippen molar-refractivity contribution in [2.75, 3.05) is 7.18 Å². The van der Waals surface area contributed by atoms with Crippen molar-refractivity contribution in [2.45, 2.75) is 38.8 Å². The van der Waals surface area contributed by atoms with E-state index in [0.29, 0.717) is 13.2 Å². The minimum absolute atomic E-state index is 0.146. The molecular weight excluding hydrogens is 323 g/mol. The number of carbonyl (C=O) groups excluding carboxylic acids is 1. The number of carbonyl (C=O) groups is 2. The molecule has 0 saturated heterocycles. The Bertz CT molecular complexity index is 563. The SMILES string of the molecule is C#CCC(NC(C)(C)C)C(=O)c1ccc(F)cc1F.CF.O=CO. The summed E-state index contributed by atoms with van der Waals surface area (Å²) in [4.78, 5) is 20.6. The summed E-state index contributed by atoms with van der Waals surface area (Å²) in [7, 11) is 0.500. The molecule has 0 aliphatic rings. The summed E-state index contributed by atoms with van der Waals surface area (Å²) >= 11 is 0. The summed E-state index contributed by atoms with van der Waals surface area (Å²) in [5, 5.41) is 9.93. The molecule has 0 radical (unpaired) electrons. The van der Waals surface area contributed by atoms with Crippen LogP contribution in [-0.2, 0) is 4.79 Å². The van der Waals surface area contributed by atoms with Gasteiger partial charge in [0.1, 0.15) is 11.6 Å². The number of terminal acetylenes is 1. The second-order valence-corrected chi connectivity index (χ2v) is 5.45. The fourth-order valence-corrected chi connectivity index (χ4v) is 1.73. The molecular formula is C17H22F3NO3. The van der Waals surface area contributed by atoms with Gasteiger partial charge in [0.25, 0.3) is 6.47 Å². The number of nitrogens with one attached hydrogen (secondary N) is 1. The normalized spacial score (nSPS) is 10.9. The number of benzene rings is 1. The first-order valence-electron chi connectivity index (χ1n) is 6.82. The Morgan fingerprint density at radius 1 is 1.38 bits per heavy atom. The molecule has 1 atom stereocenters. The van der Waals surface area contributed by atoms with Gasteiger partial charge < -0.3 is 10.4 Å². The predicted molar refractivity (Wildman–Crippen MR) is 86.5 cm³/mol. The lowest BCUT2D eigenvalue weighted by molar-refractivity contribution is -0.122. The summed E-state index contributed by atoms with van der Waals surface area (Å²) in [6, 6.07) is 2.20. The summed E-state index contributed by atoms with van der Waals surface area (Å²) < 4.78 is 35.9. The van der Waals surface area contributed by atoms with Crippen LogP contribution >= 0.6 is 0 Å². The maximum absolute atomic E-state index is 13.6. The van der Waals surface area contributed by atoms with Gasteiger partial charge in [-0.2, -0.15) is 0 Å². The highest BCUT2D eigenvalue weighted by molar-refractivity contribution is 6.00. The van der Waals surface area contributed by atoms with Gasteiger partial charge in [0, 0.05) is 18.0 Å². The van der Waals surface area contributed by atoms with Gasteiger partial charge in [-0.15, -0.1) is 12.3 Å². The second-order valence-electron chi connectivity index (χ2n) is 5.45. The van der Waals surface area contributed by atoms with Crippen molar-refractivity contribution in [3.8, 4) is 12.3 Å². The van der Waals surface area contributed by atoms with Crippen LogP contribution in [0.5, 0.6) is 0 Å². The van der Waals surface area contributed by atoms with Gasteiger partial charge in [-0.25, -0.2) is 8.78 Å². The van der Waals surface area contributed by atoms with Crippen LogP contribution in [0.1, 0.15) is 37.6 Å². The molecule has 1 aromatic rings. The molecule has 0 fully saturated rings. The third-order valence-corrected chi connectivity index (χ3v) is 2.44. The Balaban J connectivity index is 0. The number of ketones is 1. The molecule has 0 aliphatic heterocycles. The topological polar surface area (TPSA) is 66.4 Å². The van der Waals surface area contributed by atoms with Gasteiger partial charge in [0.2, 0.25) is 0 Å². The van der Waals surface area contributed by atoms with Crippen molar-refractivity contribution in [3.05, 3.63) is 35.4 Å². The van der Waals surface area contributed by atoms with Crippen molar-refractivity contribution in [1.29, 1.82) is 0 Å². The van der Waals surface area contributed by atoms with Gasteiger partial charge in [0.05, 0.1) is 18.8 Å². The zero-order valence-corrected chi connectivity index (χ0v) is 14.1. The Kier molecular flexibility index (Phi) is 12.1. The quantitative estimate of drug-likeness (QED) is 0.500. The smallest absolute Gasteiger partial charge is 0.290 e. The van der Waals surface area contributed by atoms with E-state index in [9.17, 15) is 18.0 Å². The van der Waals surface area contributed by atoms with Crippen LogP contribution in [0.2, 0.25) is 0 Å². The summed E-state index contributed by atoms with van der Waals surface area (Å²) in [5.74, 6) is 0.336. The number of hydrogen-bond acceptors (Lipinski definition) is 3. The van der Waals surface area contributed by atoms with Gasteiger partial charge in [-0.05, 0) is 32.9 Å². The highest BCUT2D eigenvalue weighted by Gasteiger charge is 2.26. The van der Waals surface area contributed by atoms with Crippen molar-refractivity contribution >= 4 is 12.3 Å². The van der Waals surface area contributed by atoms with Crippen LogP contribution in [-0.4, -0.2) is 36.1 Å². The van der Waals surface area contributed by atoms with Gasteiger partial charge in [0.15, 0.2) is 5.78 Å². The van der Waals surface area contributed by atoms with Crippen LogP contribution in [0.3, 0.4) is 0 Å². The first-order chi connectivity index (χ1) is 11.2. The lowest BCUT2D eigenvalue weighted by Gasteiger charge is -2.26. The number of carboxylic acid groups (broad SMARTS) is 1. The minimum atomic E-state index is -0.872. The highest BCUT2D eigenvalue weighted by atomic mass is 19.1. The van der Waals surface area contributed by atoms with Crippen LogP contribution < -0.4 is 5.32 Å². The molecule has 1 rings (SSSR count). The molecule has 0 aliphatic carbocycles. The van der Waals surface area contributed by atoms with E-state index in [1.54, 1.807) is 0 Å². The Morgan fingerprint density at radius 3 is 2.25 bits per heavy atom. The molecule has 1 aromatic carbocycles. The lowest BCUT2D eigenvalue weighted by atomic mass is 9.98. The van der Waals surface area contributed by atoms with Crippen LogP contribution in [0.25, 0.3) is 0 Å². The molecule has 2 N–H and O–H groups in total. The zero-order valence-electron chi connectivity index (χ0n) is 14.1. The number of alkyl halides is 1. The van der Waals surface area contributed by atoms with E-state index in [2.05, 4.69) is 11.2 Å². The van der Waals surface area contributed by atoms with E-state index in [1.165, 1.54) is 0 Å². The second kappa shape index (κ2) is 12.1.